The number of carbonyl (C=O) groups excluding carboxylic acids is 1. The lowest BCUT2D eigenvalue weighted by Crippen LogP contribution is -2.82. The average molecular weight is 463 g/mol. The van der Waals surface area contributed by atoms with Crippen molar-refractivity contribution >= 4 is 28.5 Å². The number of allylic oxidation sites excluding steroid dienone is 4. The van der Waals surface area contributed by atoms with Crippen LogP contribution in [0.2, 0.25) is 0 Å². The molecule has 33 heavy (non-hydrogen) atoms. The Hall–Kier alpha value is -3.66. The number of nitrogens with zero attached hydrogens (tertiary/aromatic N) is 2. The molecule has 0 unspecified atom stereocenters. The number of nitrogens with two attached hydrogens (primary N) is 1. The van der Waals surface area contributed by atoms with Crippen LogP contribution in [0.1, 0.15) is 29.9 Å². The Kier molecular flexibility index (Phi) is 6.45. The molecule has 0 saturated heterocycles. The number of aliphatic hydroxyl groups is 1. The maximum absolute atomic E-state index is 13.0. The lowest BCUT2D eigenvalue weighted by Gasteiger charge is -2.18. The zero-order valence-electron chi connectivity index (χ0n) is 18.2. The molecule has 1 aliphatic carbocycles. The monoisotopic (exact) mass is 462 g/mol. The van der Waals surface area contributed by atoms with Gasteiger partial charge in [-0.05, 0) is 44.2 Å². The number of furan rings is 1. The van der Waals surface area contributed by atoms with Crippen LogP contribution in [-0.2, 0) is 0 Å². The highest BCUT2D eigenvalue weighted by Crippen LogP contribution is 2.28. The van der Waals surface area contributed by atoms with Gasteiger partial charge in [-0.15, -0.1) is 11.3 Å². The van der Waals surface area contributed by atoms with Crippen LogP contribution in [0, 0.1) is 5.41 Å². The molecule has 0 fully saturated rings. The van der Waals surface area contributed by atoms with E-state index >= 15 is 0 Å². The van der Waals surface area contributed by atoms with E-state index in [0.717, 1.165) is 11.1 Å². The smallest absolute Gasteiger partial charge is 0.275 e. The second-order valence-electron chi connectivity index (χ2n) is 8.15. The van der Waals surface area contributed by atoms with E-state index in [0.29, 0.717) is 39.8 Å². The van der Waals surface area contributed by atoms with Crippen LogP contribution in [0.5, 0.6) is 0 Å². The summed E-state index contributed by atoms with van der Waals surface area (Å²) >= 11 is 1.37. The van der Waals surface area contributed by atoms with Crippen LogP contribution < -0.4 is 10.6 Å². The van der Waals surface area contributed by atoms with Gasteiger partial charge >= 0.3 is 0 Å². The molecule has 0 saturated carbocycles. The second-order valence-corrected chi connectivity index (χ2v) is 9.01. The Labute approximate surface area is 194 Å². The molecule has 0 spiro atoms. The van der Waals surface area contributed by atoms with Crippen molar-refractivity contribution in [2.45, 2.75) is 19.4 Å². The lowest BCUT2D eigenvalue weighted by atomic mass is 9.94. The SMILES string of the molecule is CC(C)(O)C[NH2+]/C=C1/C=C(NC(=O)c2csc(-c3cccnc3)n2)C(c2ccoc2)=CC1=N. The normalized spacial score (nSPS) is 15.4. The Morgan fingerprint density at radius 3 is 2.88 bits per heavy atom. The first-order valence-electron chi connectivity index (χ1n) is 10.3. The molecule has 3 heterocycles. The van der Waals surface area contributed by atoms with Gasteiger partial charge in [0.05, 0.1) is 29.5 Å². The van der Waals surface area contributed by atoms with Gasteiger partial charge in [-0.3, -0.25) is 9.78 Å². The van der Waals surface area contributed by atoms with Gasteiger partial charge in [-0.2, -0.15) is 0 Å². The van der Waals surface area contributed by atoms with E-state index in [4.69, 9.17) is 9.83 Å². The van der Waals surface area contributed by atoms with Gasteiger partial charge in [-0.1, -0.05) is 0 Å². The molecule has 4 rings (SSSR count). The average Bonchev–Trinajstić information content (AvgIpc) is 3.48. The zero-order chi connectivity index (χ0) is 23.4. The molecule has 0 bridgehead atoms. The molecule has 8 nitrogen and oxygen atoms in total. The van der Waals surface area contributed by atoms with Crippen molar-refractivity contribution in [1.82, 2.24) is 15.3 Å². The number of rotatable bonds is 7. The lowest BCUT2D eigenvalue weighted by molar-refractivity contribution is -0.602. The summed E-state index contributed by atoms with van der Waals surface area (Å²) in [5, 5.41) is 25.5. The van der Waals surface area contributed by atoms with Gasteiger partial charge in [0.15, 0.2) is 0 Å². The standard InChI is InChI=1S/C24H23N5O3S/c1-24(2,31)14-27-11-17-8-20(18(9-19(17)25)16-5-7-32-12-16)28-22(30)21-13-33-23(29-21)15-4-3-6-26-10-15/h3-13,25,27,31H,14H2,1-2H3,(H,28,30)/p+1/b17-11-,25-19?. The summed E-state index contributed by atoms with van der Waals surface area (Å²) in [7, 11) is 0. The topological polar surface area (TPSA) is 129 Å². The Bertz CT molecular complexity index is 1250. The minimum absolute atomic E-state index is 0.295. The van der Waals surface area contributed by atoms with Crippen LogP contribution in [-0.4, -0.2) is 38.8 Å². The first-order chi connectivity index (χ1) is 15.8. The molecule has 3 aromatic rings. The molecule has 9 heteroatoms. The molecule has 0 aliphatic heterocycles. The fraction of sp³-hybridized carbons (Fsp3) is 0.167. The van der Waals surface area contributed by atoms with Crippen LogP contribution >= 0.6 is 11.3 Å². The molecular formula is C24H24N5O3S+. The van der Waals surface area contributed by atoms with Crippen LogP contribution in [0.4, 0.5) is 0 Å². The summed E-state index contributed by atoms with van der Waals surface area (Å²) in [6, 6.07) is 5.49. The van der Waals surface area contributed by atoms with Crippen LogP contribution in [0.3, 0.4) is 0 Å². The van der Waals surface area contributed by atoms with Gasteiger partial charge in [0.25, 0.3) is 5.91 Å². The van der Waals surface area contributed by atoms with E-state index < -0.39 is 5.60 Å². The largest absolute Gasteiger partial charge is 0.472 e. The van der Waals surface area contributed by atoms with Crippen molar-refractivity contribution in [2.75, 3.05) is 6.54 Å². The predicted octanol–water partition coefficient (Wildman–Crippen LogP) is 2.75. The summed E-state index contributed by atoms with van der Waals surface area (Å²) in [6.45, 7) is 3.88. The van der Waals surface area contributed by atoms with Crippen molar-refractivity contribution in [3.8, 4) is 10.6 Å². The summed E-state index contributed by atoms with van der Waals surface area (Å²) in [4.78, 5) is 21.6. The van der Waals surface area contributed by atoms with Crippen molar-refractivity contribution in [3.63, 3.8) is 0 Å². The van der Waals surface area contributed by atoms with E-state index in [1.165, 1.54) is 11.3 Å². The number of carbonyl (C=O) groups is 1. The molecule has 5 N–H and O–H groups in total. The highest BCUT2D eigenvalue weighted by molar-refractivity contribution is 7.13. The third kappa shape index (κ3) is 5.58. The molecule has 168 valence electrons. The molecule has 1 amide bonds. The fourth-order valence-corrected chi connectivity index (χ4v) is 3.97. The van der Waals surface area contributed by atoms with Crippen molar-refractivity contribution in [3.05, 3.63) is 89.4 Å². The van der Waals surface area contributed by atoms with Gasteiger partial charge in [0.1, 0.15) is 29.0 Å². The molecular weight excluding hydrogens is 438 g/mol. The van der Waals surface area contributed by atoms with Gasteiger partial charge in [-0.25, -0.2) is 4.98 Å². The predicted molar refractivity (Wildman–Crippen MR) is 126 cm³/mol. The molecule has 0 atom stereocenters. The quantitative estimate of drug-likeness (QED) is 0.429. The number of aromatic nitrogens is 2. The number of hydrogen-bond donors (Lipinski definition) is 4. The maximum Gasteiger partial charge on any atom is 0.275 e. The molecule has 3 aromatic heterocycles. The molecule has 0 aromatic carbocycles. The van der Waals surface area contributed by atoms with Gasteiger partial charge < -0.3 is 25.6 Å². The Morgan fingerprint density at radius 1 is 1.33 bits per heavy atom. The van der Waals surface area contributed by atoms with E-state index in [1.54, 1.807) is 68.6 Å². The number of pyridine rings is 1. The number of quaternary nitrogens is 1. The Balaban J connectivity index is 1.59. The third-order valence-corrected chi connectivity index (χ3v) is 5.72. The number of nitrogens with one attached hydrogen (secondary N) is 2. The van der Waals surface area contributed by atoms with Crippen molar-refractivity contribution in [1.29, 1.82) is 5.41 Å². The highest BCUT2D eigenvalue weighted by atomic mass is 32.1. The maximum atomic E-state index is 13.0. The van der Waals surface area contributed by atoms with Crippen molar-refractivity contribution < 1.29 is 19.6 Å². The van der Waals surface area contributed by atoms with Gasteiger partial charge in [0.2, 0.25) is 0 Å². The molecule has 0 radical (unpaired) electrons. The van der Waals surface area contributed by atoms with E-state index in [9.17, 15) is 9.90 Å². The van der Waals surface area contributed by atoms with Crippen molar-refractivity contribution in [2.24, 2.45) is 0 Å². The first-order valence-corrected chi connectivity index (χ1v) is 11.2. The highest BCUT2D eigenvalue weighted by Gasteiger charge is 2.22. The fourth-order valence-electron chi connectivity index (χ4n) is 3.17. The molecule has 1 aliphatic rings. The first kappa shape index (κ1) is 22.5. The van der Waals surface area contributed by atoms with Gasteiger partial charge in [0, 0.05) is 34.5 Å². The van der Waals surface area contributed by atoms with E-state index in [1.807, 2.05) is 17.4 Å². The minimum Gasteiger partial charge on any atom is -0.472 e. The minimum atomic E-state index is -0.844. The summed E-state index contributed by atoms with van der Waals surface area (Å²) < 4.78 is 5.21. The third-order valence-electron chi connectivity index (χ3n) is 4.83. The van der Waals surface area contributed by atoms with E-state index in [-0.39, 0.29) is 5.91 Å². The van der Waals surface area contributed by atoms with E-state index in [2.05, 4.69) is 15.3 Å². The van der Waals surface area contributed by atoms with Crippen LogP contribution in [0.25, 0.3) is 16.1 Å². The second kappa shape index (κ2) is 9.45. The summed E-state index contributed by atoms with van der Waals surface area (Å²) in [6.07, 6.45) is 11.7. The van der Waals surface area contributed by atoms with Crippen LogP contribution in [0.15, 0.2) is 82.5 Å². The summed E-state index contributed by atoms with van der Waals surface area (Å²) in [5.74, 6) is -0.352. The Morgan fingerprint density at radius 2 is 2.18 bits per heavy atom. The number of thiazole rings is 1. The zero-order valence-corrected chi connectivity index (χ0v) is 19.0. The number of hydrogen-bond acceptors (Lipinski definition) is 7. The number of amides is 1. The summed E-state index contributed by atoms with van der Waals surface area (Å²) in [5.41, 5.74) is 3.17.